The maximum atomic E-state index is 12.4. The standard InChI is InChI=1S/C18H23N3O2/c1-4-5-12-21(2)17-13-14(10-11-19-17)18(22)20-15-6-8-16(23-3)9-7-15/h6-11,13H,4-5,12H2,1-3H3,(H,20,22). The van der Waals surface area contributed by atoms with Crippen LogP contribution in [0.5, 0.6) is 5.75 Å². The van der Waals surface area contributed by atoms with E-state index in [9.17, 15) is 4.79 Å². The monoisotopic (exact) mass is 313 g/mol. The van der Waals surface area contributed by atoms with Gasteiger partial charge in [0.25, 0.3) is 5.91 Å². The zero-order chi connectivity index (χ0) is 16.7. The number of aromatic nitrogens is 1. The molecule has 0 aliphatic carbocycles. The van der Waals surface area contributed by atoms with Gasteiger partial charge in [-0.25, -0.2) is 4.98 Å². The molecule has 122 valence electrons. The Hall–Kier alpha value is -2.56. The third kappa shape index (κ3) is 4.71. The number of methoxy groups -OCH3 is 1. The van der Waals surface area contributed by atoms with Gasteiger partial charge in [0, 0.05) is 31.0 Å². The Morgan fingerprint density at radius 3 is 2.65 bits per heavy atom. The fourth-order valence-corrected chi connectivity index (χ4v) is 2.16. The Kier molecular flexibility index (Phi) is 5.97. The van der Waals surface area contributed by atoms with Gasteiger partial charge in [0.05, 0.1) is 7.11 Å². The Balaban J connectivity index is 2.06. The molecule has 0 unspecified atom stereocenters. The second-order valence-corrected chi connectivity index (χ2v) is 5.36. The number of ether oxygens (including phenoxy) is 1. The molecule has 5 heteroatoms. The molecular formula is C18H23N3O2. The van der Waals surface area contributed by atoms with Gasteiger partial charge >= 0.3 is 0 Å². The Bertz CT molecular complexity index is 641. The third-order valence-electron chi connectivity index (χ3n) is 3.59. The summed E-state index contributed by atoms with van der Waals surface area (Å²) in [7, 11) is 3.60. The first kappa shape index (κ1) is 16.8. The van der Waals surface area contributed by atoms with E-state index in [1.165, 1.54) is 0 Å². The Labute approximate surface area is 137 Å². The number of hydrogen-bond acceptors (Lipinski definition) is 4. The minimum atomic E-state index is -0.150. The fraction of sp³-hybridized carbons (Fsp3) is 0.333. The highest BCUT2D eigenvalue weighted by Crippen LogP contribution is 2.17. The van der Waals surface area contributed by atoms with Crippen molar-refractivity contribution in [2.75, 3.05) is 30.9 Å². The van der Waals surface area contributed by atoms with Crippen LogP contribution in [0.15, 0.2) is 42.6 Å². The predicted octanol–water partition coefficient (Wildman–Crippen LogP) is 3.58. The normalized spacial score (nSPS) is 10.2. The van der Waals surface area contributed by atoms with E-state index in [0.29, 0.717) is 5.56 Å². The van der Waals surface area contributed by atoms with Crippen molar-refractivity contribution in [1.29, 1.82) is 0 Å². The van der Waals surface area contributed by atoms with Crippen molar-refractivity contribution >= 4 is 17.4 Å². The number of carbonyl (C=O) groups is 1. The molecule has 1 N–H and O–H groups in total. The summed E-state index contributed by atoms with van der Waals surface area (Å²) in [5, 5.41) is 2.88. The van der Waals surface area contributed by atoms with E-state index in [1.807, 2.05) is 37.4 Å². The highest BCUT2D eigenvalue weighted by atomic mass is 16.5. The van der Waals surface area contributed by atoms with Crippen LogP contribution in [0.1, 0.15) is 30.1 Å². The molecule has 23 heavy (non-hydrogen) atoms. The fourth-order valence-electron chi connectivity index (χ4n) is 2.16. The Morgan fingerprint density at radius 2 is 2.00 bits per heavy atom. The van der Waals surface area contributed by atoms with E-state index in [2.05, 4.69) is 22.1 Å². The maximum Gasteiger partial charge on any atom is 0.255 e. The average molecular weight is 313 g/mol. The molecule has 0 bridgehead atoms. The van der Waals surface area contributed by atoms with Crippen molar-refractivity contribution in [1.82, 2.24) is 4.98 Å². The van der Waals surface area contributed by atoms with E-state index in [-0.39, 0.29) is 5.91 Å². The van der Waals surface area contributed by atoms with Crippen LogP contribution in [0.25, 0.3) is 0 Å². The summed E-state index contributed by atoms with van der Waals surface area (Å²) in [6, 6.07) is 10.8. The predicted molar refractivity (Wildman–Crippen MR) is 93.4 cm³/mol. The van der Waals surface area contributed by atoms with Crippen molar-refractivity contribution in [3.8, 4) is 5.75 Å². The number of hydrogen-bond donors (Lipinski definition) is 1. The van der Waals surface area contributed by atoms with Crippen molar-refractivity contribution in [2.24, 2.45) is 0 Å². The number of anilines is 2. The minimum absolute atomic E-state index is 0.150. The lowest BCUT2D eigenvalue weighted by Gasteiger charge is -2.18. The summed E-state index contributed by atoms with van der Waals surface area (Å²) in [5.74, 6) is 1.41. The molecule has 1 aromatic carbocycles. The number of rotatable bonds is 7. The molecule has 5 nitrogen and oxygen atoms in total. The molecule has 0 aliphatic heterocycles. The van der Waals surface area contributed by atoms with Crippen LogP contribution in [-0.2, 0) is 0 Å². The van der Waals surface area contributed by atoms with Crippen LogP contribution < -0.4 is 15.0 Å². The van der Waals surface area contributed by atoms with E-state index >= 15 is 0 Å². The second-order valence-electron chi connectivity index (χ2n) is 5.36. The molecule has 0 atom stereocenters. The molecule has 1 aromatic heterocycles. The van der Waals surface area contributed by atoms with Crippen LogP contribution in [0.4, 0.5) is 11.5 Å². The zero-order valence-corrected chi connectivity index (χ0v) is 13.9. The molecule has 2 rings (SSSR count). The molecule has 1 heterocycles. The van der Waals surface area contributed by atoms with Crippen LogP contribution in [0.2, 0.25) is 0 Å². The van der Waals surface area contributed by atoms with Gasteiger partial charge in [-0.05, 0) is 42.8 Å². The van der Waals surface area contributed by atoms with Crippen LogP contribution >= 0.6 is 0 Å². The highest BCUT2D eigenvalue weighted by Gasteiger charge is 2.09. The van der Waals surface area contributed by atoms with Gasteiger partial charge in [0.15, 0.2) is 0 Å². The van der Waals surface area contributed by atoms with Crippen molar-refractivity contribution in [3.05, 3.63) is 48.2 Å². The van der Waals surface area contributed by atoms with Crippen LogP contribution in [0, 0.1) is 0 Å². The summed E-state index contributed by atoms with van der Waals surface area (Å²) in [6.07, 6.45) is 3.89. The lowest BCUT2D eigenvalue weighted by Crippen LogP contribution is -2.20. The second kappa shape index (κ2) is 8.17. The van der Waals surface area contributed by atoms with Crippen LogP contribution in [-0.4, -0.2) is 31.6 Å². The van der Waals surface area contributed by atoms with Gasteiger partial charge in [0.1, 0.15) is 11.6 Å². The maximum absolute atomic E-state index is 12.4. The van der Waals surface area contributed by atoms with Crippen molar-refractivity contribution < 1.29 is 9.53 Å². The summed E-state index contributed by atoms with van der Waals surface area (Å²) in [6.45, 7) is 3.08. The highest BCUT2D eigenvalue weighted by molar-refractivity contribution is 6.04. The van der Waals surface area contributed by atoms with Crippen LogP contribution in [0.3, 0.4) is 0 Å². The summed E-state index contributed by atoms with van der Waals surface area (Å²) in [4.78, 5) is 18.8. The van der Waals surface area contributed by atoms with E-state index in [1.54, 1.807) is 19.4 Å². The number of benzene rings is 1. The number of pyridine rings is 1. The number of nitrogens with one attached hydrogen (secondary N) is 1. The molecule has 0 radical (unpaired) electrons. The number of amides is 1. The lowest BCUT2D eigenvalue weighted by atomic mass is 10.2. The van der Waals surface area contributed by atoms with Crippen molar-refractivity contribution in [3.63, 3.8) is 0 Å². The van der Waals surface area contributed by atoms with Crippen molar-refractivity contribution in [2.45, 2.75) is 19.8 Å². The first-order chi connectivity index (χ1) is 11.1. The first-order valence-corrected chi connectivity index (χ1v) is 7.76. The van der Waals surface area contributed by atoms with Gasteiger partial charge in [-0.2, -0.15) is 0 Å². The molecule has 0 saturated heterocycles. The summed E-state index contributed by atoms with van der Waals surface area (Å²) >= 11 is 0. The topological polar surface area (TPSA) is 54.5 Å². The third-order valence-corrected chi connectivity index (χ3v) is 3.59. The molecular weight excluding hydrogens is 290 g/mol. The van der Waals surface area contributed by atoms with E-state index in [0.717, 1.165) is 36.6 Å². The van der Waals surface area contributed by atoms with Gasteiger partial charge in [-0.3, -0.25) is 4.79 Å². The molecule has 0 fully saturated rings. The molecule has 0 aliphatic rings. The average Bonchev–Trinajstić information content (AvgIpc) is 2.60. The van der Waals surface area contributed by atoms with Gasteiger partial charge in [-0.15, -0.1) is 0 Å². The smallest absolute Gasteiger partial charge is 0.255 e. The zero-order valence-electron chi connectivity index (χ0n) is 13.9. The Morgan fingerprint density at radius 1 is 1.26 bits per heavy atom. The minimum Gasteiger partial charge on any atom is -0.497 e. The number of nitrogens with zero attached hydrogens (tertiary/aromatic N) is 2. The van der Waals surface area contributed by atoms with Gasteiger partial charge in [0.2, 0.25) is 0 Å². The molecule has 0 saturated carbocycles. The SMILES string of the molecule is CCCCN(C)c1cc(C(=O)Nc2ccc(OC)cc2)ccn1. The lowest BCUT2D eigenvalue weighted by molar-refractivity contribution is 0.102. The molecule has 0 spiro atoms. The quantitative estimate of drug-likeness (QED) is 0.849. The van der Waals surface area contributed by atoms with E-state index in [4.69, 9.17) is 4.74 Å². The first-order valence-electron chi connectivity index (χ1n) is 7.76. The molecule has 2 aromatic rings. The van der Waals surface area contributed by atoms with Gasteiger partial charge < -0.3 is 15.0 Å². The molecule has 1 amide bonds. The van der Waals surface area contributed by atoms with E-state index < -0.39 is 0 Å². The summed E-state index contributed by atoms with van der Waals surface area (Å²) in [5.41, 5.74) is 1.32. The van der Waals surface area contributed by atoms with Gasteiger partial charge in [-0.1, -0.05) is 13.3 Å². The largest absolute Gasteiger partial charge is 0.497 e. The summed E-state index contributed by atoms with van der Waals surface area (Å²) < 4.78 is 5.11. The number of unbranched alkanes of at least 4 members (excludes halogenated alkanes) is 1. The number of carbonyl (C=O) groups excluding carboxylic acids is 1.